The van der Waals surface area contributed by atoms with Crippen molar-refractivity contribution in [1.29, 1.82) is 0 Å². The molecule has 0 amide bonds. The van der Waals surface area contributed by atoms with Crippen LogP contribution in [0.4, 0.5) is 4.39 Å². The van der Waals surface area contributed by atoms with Crippen molar-refractivity contribution < 1.29 is 23.1 Å². The summed E-state index contributed by atoms with van der Waals surface area (Å²) in [6.45, 7) is 1.93. The van der Waals surface area contributed by atoms with Crippen molar-refractivity contribution >= 4 is 5.97 Å². The van der Waals surface area contributed by atoms with E-state index in [9.17, 15) is 9.18 Å². The summed E-state index contributed by atoms with van der Waals surface area (Å²) in [7, 11) is 1.45. The number of esters is 1. The van der Waals surface area contributed by atoms with Crippen molar-refractivity contribution in [2.75, 3.05) is 13.7 Å². The second kappa shape index (κ2) is 5.51. The summed E-state index contributed by atoms with van der Waals surface area (Å²) in [5, 5.41) is 0. The van der Waals surface area contributed by atoms with E-state index in [0.29, 0.717) is 11.3 Å². The van der Waals surface area contributed by atoms with Crippen LogP contribution in [0.2, 0.25) is 0 Å². The van der Waals surface area contributed by atoms with Crippen LogP contribution in [0.15, 0.2) is 28.9 Å². The normalized spacial score (nSPS) is 10.3. The summed E-state index contributed by atoms with van der Waals surface area (Å²) in [5.74, 6) is -0.544. The van der Waals surface area contributed by atoms with Gasteiger partial charge in [0.1, 0.15) is 17.8 Å². The van der Waals surface area contributed by atoms with Gasteiger partial charge in [0.05, 0.1) is 19.3 Å². The number of ether oxygens (including phenoxy) is 2. The van der Waals surface area contributed by atoms with E-state index in [-0.39, 0.29) is 18.2 Å². The zero-order valence-electron chi connectivity index (χ0n) is 10.5. The molecule has 19 heavy (non-hydrogen) atoms. The fraction of sp³-hybridized carbons (Fsp3) is 0.231. The van der Waals surface area contributed by atoms with Crippen molar-refractivity contribution in [3.8, 4) is 17.2 Å². The van der Waals surface area contributed by atoms with Crippen molar-refractivity contribution in [2.45, 2.75) is 6.92 Å². The maximum Gasteiger partial charge on any atom is 0.360 e. The summed E-state index contributed by atoms with van der Waals surface area (Å²) < 4.78 is 28.3. The molecule has 0 radical (unpaired) electrons. The van der Waals surface area contributed by atoms with Gasteiger partial charge in [0.25, 0.3) is 0 Å². The minimum atomic E-state index is -0.590. The van der Waals surface area contributed by atoms with Gasteiger partial charge in [-0.3, -0.25) is 0 Å². The molecule has 5 nitrogen and oxygen atoms in total. The highest BCUT2D eigenvalue weighted by Crippen LogP contribution is 2.30. The Kier molecular flexibility index (Phi) is 3.79. The van der Waals surface area contributed by atoms with E-state index >= 15 is 0 Å². The zero-order chi connectivity index (χ0) is 13.8. The molecule has 1 heterocycles. The Bertz CT molecular complexity index is 594. The van der Waals surface area contributed by atoms with Crippen molar-refractivity contribution in [1.82, 2.24) is 4.98 Å². The lowest BCUT2D eigenvalue weighted by molar-refractivity contribution is 0.0519. The molecule has 1 aromatic carbocycles. The van der Waals surface area contributed by atoms with Gasteiger partial charge in [-0.2, -0.15) is 0 Å². The van der Waals surface area contributed by atoms with Crippen LogP contribution in [0.3, 0.4) is 0 Å². The van der Waals surface area contributed by atoms with Crippen LogP contribution in [-0.4, -0.2) is 24.7 Å². The van der Waals surface area contributed by atoms with E-state index in [1.54, 1.807) is 6.92 Å². The molecular formula is C13H12FNO4. The lowest BCUT2D eigenvalue weighted by Gasteiger charge is -2.04. The number of aromatic nitrogens is 1. The third kappa shape index (κ3) is 2.73. The predicted octanol–water partition coefficient (Wildman–Crippen LogP) is 2.67. The Morgan fingerprint density at radius 1 is 1.47 bits per heavy atom. The molecular weight excluding hydrogens is 253 g/mol. The summed E-state index contributed by atoms with van der Waals surface area (Å²) in [6.07, 6.45) is 1.16. The number of carbonyl (C=O) groups is 1. The van der Waals surface area contributed by atoms with Gasteiger partial charge in [0.2, 0.25) is 5.89 Å². The number of nitrogens with zero attached hydrogens (tertiary/aromatic N) is 1. The topological polar surface area (TPSA) is 61.6 Å². The van der Waals surface area contributed by atoms with E-state index in [4.69, 9.17) is 13.9 Å². The molecule has 0 aliphatic rings. The maximum absolute atomic E-state index is 13.2. The minimum absolute atomic E-state index is 0.0307. The Hall–Kier alpha value is -2.37. The first-order chi connectivity index (χ1) is 9.15. The summed E-state index contributed by atoms with van der Waals surface area (Å²) in [5.41, 5.74) is 0.362. The van der Waals surface area contributed by atoms with Gasteiger partial charge >= 0.3 is 5.97 Å². The third-order valence-corrected chi connectivity index (χ3v) is 2.38. The number of hydrogen-bond acceptors (Lipinski definition) is 5. The van der Waals surface area contributed by atoms with E-state index < -0.39 is 11.8 Å². The average Bonchev–Trinajstić information content (AvgIpc) is 2.88. The molecule has 0 fully saturated rings. The molecule has 0 N–H and O–H groups in total. The minimum Gasteiger partial charge on any atom is -0.496 e. The first kappa shape index (κ1) is 13.1. The Morgan fingerprint density at radius 3 is 2.95 bits per heavy atom. The highest BCUT2D eigenvalue weighted by Gasteiger charge is 2.17. The van der Waals surface area contributed by atoms with E-state index in [1.807, 2.05) is 0 Å². The van der Waals surface area contributed by atoms with Crippen LogP contribution < -0.4 is 4.74 Å². The third-order valence-electron chi connectivity index (χ3n) is 2.38. The van der Waals surface area contributed by atoms with Crippen LogP contribution in [-0.2, 0) is 4.74 Å². The summed E-state index contributed by atoms with van der Waals surface area (Å²) in [4.78, 5) is 15.4. The lowest BCUT2D eigenvalue weighted by Crippen LogP contribution is -2.04. The number of carbonyl (C=O) groups excluding carboxylic acids is 1. The zero-order valence-corrected chi connectivity index (χ0v) is 10.5. The van der Waals surface area contributed by atoms with Gasteiger partial charge in [-0.1, -0.05) is 0 Å². The fourth-order valence-corrected chi connectivity index (χ4v) is 1.54. The molecule has 0 aliphatic carbocycles. The highest BCUT2D eigenvalue weighted by molar-refractivity contribution is 5.87. The number of methoxy groups -OCH3 is 1. The van der Waals surface area contributed by atoms with Gasteiger partial charge < -0.3 is 13.9 Å². The average molecular weight is 265 g/mol. The monoisotopic (exact) mass is 265 g/mol. The molecule has 0 saturated heterocycles. The Morgan fingerprint density at radius 2 is 2.26 bits per heavy atom. The Balaban J connectivity index is 2.37. The maximum atomic E-state index is 13.2. The highest BCUT2D eigenvalue weighted by atomic mass is 19.1. The molecule has 0 bridgehead atoms. The molecule has 0 aliphatic heterocycles. The van der Waals surface area contributed by atoms with Gasteiger partial charge in [-0.15, -0.1) is 0 Å². The predicted molar refractivity (Wildman–Crippen MR) is 64.4 cm³/mol. The molecule has 0 unspecified atom stereocenters. The lowest BCUT2D eigenvalue weighted by atomic mass is 10.2. The van der Waals surface area contributed by atoms with Crippen LogP contribution in [0.5, 0.6) is 5.75 Å². The van der Waals surface area contributed by atoms with E-state index in [1.165, 1.54) is 25.3 Å². The van der Waals surface area contributed by atoms with Crippen molar-refractivity contribution in [2.24, 2.45) is 0 Å². The van der Waals surface area contributed by atoms with E-state index in [2.05, 4.69) is 4.98 Å². The molecule has 0 atom stereocenters. The smallest absolute Gasteiger partial charge is 0.360 e. The number of benzene rings is 1. The Labute approximate surface area is 109 Å². The van der Waals surface area contributed by atoms with Crippen LogP contribution in [0.1, 0.15) is 17.4 Å². The van der Waals surface area contributed by atoms with Crippen molar-refractivity contribution in [3.63, 3.8) is 0 Å². The van der Waals surface area contributed by atoms with Gasteiger partial charge in [0, 0.05) is 0 Å². The van der Waals surface area contributed by atoms with Crippen LogP contribution in [0, 0.1) is 5.82 Å². The van der Waals surface area contributed by atoms with Gasteiger partial charge in [0.15, 0.2) is 5.69 Å². The number of oxazole rings is 1. The molecule has 0 spiro atoms. The van der Waals surface area contributed by atoms with Gasteiger partial charge in [-0.05, 0) is 25.1 Å². The van der Waals surface area contributed by atoms with Crippen LogP contribution in [0.25, 0.3) is 11.5 Å². The van der Waals surface area contributed by atoms with Crippen LogP contribution >= 0.6 is 0 Å². The molecule has 2 rings (SSSR count). The first-order valence-electron chi connectivity index (χ1n) is 5.62. The number of halogens is 1. The summed E-state index contributed by atoms with van der Waals surface area (Å²) in [6, 6.07) is 3.94. The van der Waals surface area contributed by atoms with Crippen molar-refractivity contribution in [3.05, 3.63) is 36.0 Å². The first-order valence-corrected chi connectivity index (χ1v) is 5.62. The molecule has 6 heteroatoms. The number of rotatable bonds is 4. The second-order valence-corrected chi connectivity index (χ2v) is 3.60. The SMILES string of the molecule is CCOC(=O)c1coc(-c2cc(F)ccc2OC)n1. The molecule has 1 aromatic heterocycles. The molecule has 0 saturated carbocycles. The fourth-order valence-electron chi connectivity index (χ4n) is 1.54. The molecule has 100 valence electrons. The largest absolute Gasteiger partial charge is 0.496 e. The quantitative estimate of drug-likeness (QED) is 0.795. The van der Waals surface area contributed by atoms with Gasteiger partial charge in [-0.25, -0.2) is 14.2 Å². The molecule has 2 aromatic rings. The standard InChI is InChI=1S/C13H12FNO4/c1-3-18-13(16)10-7-19-12(15-10)9-6-8(14)4-5-11(9)17-2/h4-7H,3H2,1-2H3. The second-order valence-electron chi connectivity index (χ2n) is 3.60. The summed E-state index contributed by atoms with van der Waals surface area (Å²) >= 11 is 0. The van der Waals surface area contributed by atoms with E-state index in [0.717, 1.165) is 6.26 Å². The number of hydrogen-bond donors (Lipinski definition) is 0.